The highest BCUT2D eigenvalue weighted by Crippen LogP contribution is 2.18. The Morgan fingerprint density at radius 2 is 2.04 bits per heavy atom. The molecule has 0 radical (unpaired) electrons. The first-order chi connectivity index (χ1) is 12.5. The molecule has 3 rings (SSSR count). The summed E-state index contributed by atoms with van der Waals surface area (Å²) in [5.41, 5.74) is 1.76. The third-order valence-corrected chi connectivity index (χ3v) is 5.77. The highest BCUT2D eigenvalue weighted by molar-refractivity contribution is 7.99. The van der Waals surface area contributed by atoms with Crippen LogP contribution in [0.3, 0.4) is 0 Å². The number of amides is 2. The van der Waals surface area contributed by atoms with Gasteiger partial charge in [0.2, 0.25) is 5.91 Å². The zero-order chi connectivity index (χ0) is 18.7. The predicted octanol–water partition coefficient (Wildman–Crippen LogP) is 2.28. The van der Waals surface area contributed by atoms with E-state index in [2.05, 4.69) is 28.8 Å². The van der Waals surface area contributed by atoms with E-state index in [-0.39, 0.29) is 17.9 Å². The molecule has 8 heteroatoms. The van der Waals surface area contributed by atoms with Crippen LogP contribution in [0.4, 0.5) is 0 Å². The van der Waals surface area contributed by atoms with Crippen molar-refractivity contribution in [1.82, 2.24) is 20.1 Å². The lowest BCUT2D eigenvalue weighted by Gasteiger charge is -2.40. The molecule has 7 nitrogen and oxygen atoms in total. The summed E-state index contributed by atoms with van der Waals surface area (Å²) < 4.78 is 4.68. The van der Waals surface area contributed by atoms with Crippen molar-refractivity contribution in [3.63, 3.8) is 0 Å². The number of fused-ring (bicyclic) bond motifs is 1. The highest BCUT2D eigenvalue weighted by atomic mass is 32.2. The fraction of sp³-hybridized carbons (Fsp3) is 0.556. The Balaban J connectivity index is 1.59. The average molecular weight is 376 g/mol. The van der Waals surface area contributed by atoms with Gasteiger partial charge in [0.25, 0.3) is 5.91 Å². The number of hydrogen-bond acceptors (Lipinski definition) is 6. The molecule has 0 N–H and O–H groups in total. The number of rotatable bonds is 5. The Morgan fingerprint density at radius 3 is 2.77 bits per heavy atom. The first-order valence-corrected chi connectivity index (χ1v) is 10.00. The van der Waals surface area contributed by atoms with E-state index in [1.807, 2.05) is 16.7 Å². The van der Waals surface area contributed by atoms with Crippen molar-refractivity contribution in [2.24, 2.45) is 5.92 Å². The van der Waals surface area contributed by atoms with Gasteiger partial charge in [0.15, 0.2) is 0 Å². The van der Waals surface area contributed by atoms with Crippen molar-refractivity contribution in [2.45, 2.75) is 26.8 Å². The van der Waals surface area contributed by atoms with Crippen LogP contribution >= 0.6 is 11.8 Å². The summed E-state index contributed by atoms with van der Waals surface area (Å²) in [5, 5.41) is 7.54. The van der Waals surface area contributed by atoms with Crippen LogP contribution in [0.5, 0.6) is 0 Å². The molecule has 0 spiro atoms. The zero-order valence-electron chi connectivity index (χ0n) is 15.3. The number of nitrogens with zero attached hydrogens (tertiary/aromatic N) is 4. The van der Waals surface area contributed by atoms with Crippen LogP contribution in [-0.2, 0) is 4.79 Å². The molecule has 1 saturated heterocycles. The van der Waals surface area contributed by atoms with Gasteiger partial charge in [-0.05, 0) is 47.1 Å². The maximum atomic E-state index is 12.8. The molecule has 1 aliphatic heterocycles. The van der Waals surface area contributed by atoms with E-state index in [1.165, 1.54) is 0 Å². The SMILES string of the molecule is CC(C)CSCC(=O)N1CCN(C(=O)c2ccc3nonc3c2)[C@@H](C)C1. The minimum Gasteiger partial charge on any atom is -0.338 e. The third kappa shape index (κ3) is 4.17. The van der Waals surface area contributed by atoms with Crippen LogP contribution < -0.4 is 0 Å². The molecular formula is C18H24N4O3S. The van der Waals surface area contributed by atoms with E-state index in [0.717, 1.165) is 5.75 Å². The van der Waals surface area contributed by atoms with Gasteiger partial charge >= 0.3 is 0 Å². The van der Waals surface area contributed by atoms with E-state index in [9.17, 15) is 9.59 Å². The highest BCUT2D eigenvalue weighted by Gasteiger charge is 2.30. The first kappa shape index (κ1) is 18.7. The molecule has 1 fully saturated rings. The molecule has 1 aliphatic rings. The molecule has 0 bridgehead atoms. The van der Waals surface area contributed by atoms with Crippen LogP contribution in [0.25, 0.3) is 11.0 Å². The van der Waals surface area contributed by atoms with E-state index in [4.69, 9.17) is 0 Å². The maximum absolute atomic E-state index is 12.8. The molecule has 1 aromatic carbocycles. The largest absolute Gasteiger partial charge is 0.338 e. The van der Waals surface area contributed by atoms with Crippen LogP contribution in [0.2, 0.25) is 0 Å². The van der Waals surface area contributed by atoms with Crippen molar-refractivity contribution in [2.75, 3.05) is 31.1 Å². The van der Waals surface area contributed by atoms with Gasteiger partial charge < -0.3 is 9.80 Å². The summed E-state index contributed by atoms with van der Waals surface area (Å²) in [7, 11) is 0. The standard InChI is InChI=1S/C18H24N4O3S/c1-12(2)10-26-11-17(23)21-6-7-22(13(3)9-21)18(24)14-4-5-15-16(8-14)20-25-19-15/h4-5,8,12-13H,6-7,9-11H2,1-3H3/t13-/m0/s1. The number of benzene rings is 1. The van der Waals surface area contributed by atoms with Crippen molar-refractivity contribution < 1.29 is 14.2 Å². The molecule has 0 unspecified atom stereocenters. The molecule has 140 valence electrons. The van der Waals surface area contributed by atoms with Crippen LogP contribution in [0.1, 0.15) is 31.1 Å². The minimum atomic E-state index is -0.0521. The van der Waals surface area contributed by atoms with Crippen molar-refractivity contribution in [3.05, 3.63) is 23.8 Å². The Kier molecular flexibility index (Phi) is 5.80. The lowest BCUT2D eigenvalue weighted by Crippen LogP contribution is -2.55. The zero-order valence-corrected chi connectivity index (χ0v) is 16.2. The number of hydrogen-bond donors (Lipinski definition) is 0. The van der Waals surface area contributed by atoms with E-state index < -0.39 is 0 Å². The summed E-state index contributed by atoms with van der Waals surface area (Å²) in [6, 6.07) is 5.14. The van der Waals surface area contributed by atoms with Gasteiger partial charge in [-0.2, -0.15) is 11.8 Å². The summed E-state index contributed by atoms with van der Waals surface area (Å²) in [6.45, 7) is 7.96. The van der Waals surface area contributed by atoms with Gasteiger partial charge in [-0.1, -0.05) is 13.8 Å². The lowest BCUT2D eigenvalue weighted by molar-refractivity contribution is -0.130. The van der Waals surface area contributed by atoms with E-state index >= 15 is 0 Å². The molecule has 1 atom stereocenters. The third-order valence-electron chi connectivity index (χ3n) is 4.42. The Hall–Kier alpha value is -2.09. The maximum Gasteiger partial charge on any atom is 0.254 e. The quantitative estimate of drug-likeness (QED) is 0.797. The van der Waals surface area contributed by atoms with E-state index in [1.54, 1.807) is 30.0 Å². The number of carbonyl (C=O) groups excluding carboxylic acids is 2. The molecule has 2 heterocycles. The first-order valence-electron chi connectivity index (χ1n) is 8.84. The van der Waals surface area contributed by atoms with Crippen molar-refractivity contribution >= 4 is 34.6 Å². The van der Waals surface area contributed by atoms with Gasteiger partial charge in [-0.25, -0.2) is 4.63 Å². The van der Waals surface area contributed by atoms with Crippen LogP contribution in [-0.4, -0.2) is 69.1 Å². The Bertz CT molecular complexity index is 792. The predicted molar refractivity (Wildman–Crippen MR) is 101 cm³/mol. The number of carbonyl (C=O) groups is 2. The molecule has 0 saturated carbocycles. The van der Waals surface area contributed by atoms with Gasteiger partial charge in [-0.3, -0.25) is 9.59 Å². The molecule has 2 aromatic rings. The molecule has 0 aliphatic carbocycles. The minimum absolute atomic E-state index is 0.0265. The number of piperazine rings is 1. The van der Waals surface area contributed by atoms with Crippen LogP contribution in [0.15, 0.2) is 22.8 Å². The van der Waals surface area contributed by atoms with Gasteiger partial charge in [0.1, 0.15) is 11.0 Å². The second kappa shape index (κ2) is 8.07. The summed E-state index contributed by atoms with van der Waals surface area (Å²) in [6.07, 6.45) is 0. The number of aromatic nitrogens is 2. The summed E-state index contributed by atoms with van der Waals surface area (Å²) in [5.74, 6) is 2.18. The van der Waals surface area contributed by atoms with Crippen LogP contribution in [0, 0.1) is 5.92 Å². The number of thioether (sulfide) groups is 1. The van der Waals surface area contributed by atoms with Crippen molar-refractivity contribution in [3.8, 4) is 0 Å². The Morgan fingerprint density at radius 1 is 1.27 bits per heavy atom. The molecular weight excluding hydrogens is 352 g/mol. The smallest absolute Gasteiger partial charge is 0.254 e. The summed E-state index contributed by atoms with van der Waals surface area (Å²) in [4.78, 5) is 28.9. The molecule has 26 heavy (non-hydrogen) atoms. The normalized spacial score (nSPS) is 17.9. The van der Waals surface area contributed by atoms with Gasteiger partial charge in [0, 0.05) is 31.2 Å². The monoisotopic (exact) mass is 376 g/mol. The fourth-order valence-electron chi connectivity index (χ4n) is 3.04. The average Bonchev–Trinajstić information content (AvgIpc) is 3.08. The van der Waals surface area contributed by atoms with Gasteiger partial charge in [0.05, 0.1) is 5.75 Å². The molecule has 1 aromatic heterocycles. The Labute approximate surface area is 157 Å². The second-order valence-corrected chi connectivity index (χ2v) is 8.09. The lowest BCUT2D eigenvalue weighted by atomic mass is 10.1. The van der Waals surface area contributed by atoms with E-state index in [0.29, 0.717) is 47.9 Å². The molecule has 2 amide bonds. The summed E-state index contributed by atoms with van der Waals surface area (Å²) >= 11 is 1.68. The van der Waals surface area contributed by atoms with Gasteiger partial charge in [-0.15, -0.1) is 0 Å². The second-order valence-electron chi connectivity index (χ2n) is 7.06. The topological polar surface area (TPSA) is 79.5 Å². The van der Waals surface area contributed by atoms with Crippen molar-refractivity contribution in [1.29, 1.82) is 0 Å². The fourth-order valence-corrected chi connectivity index (χ4v) is 3.99.